The minimum atomic E-state index is -0.229. The predicted octanol–water partition coefficient (Wildman–Crippen LogP) is 1.91. The molecule has 4 unspecified atom stereocenters. The highest BCUT2D eigenvalue weighted by molar-refractivity contribution is 6.06. The fourth-order valence-electron chi connectivity index (χ4n) is 4.00. The van der Waals surface area contributed by atoms with Crippen LogP contribution in [0.25, 0.3) is 0 Å². The Morgan fingerprint density at radius 1 is 1.05 bits per heavy atom. The van der Waals surface area contributed by atoms with E-state index in [1.54, 1.807) is 0 Å². The topological polar surface area (TPSA) is 46.6 Å². The van der Waals surface area contributed by atoms with Gasteiger partial charge in [-0.25, -0.2) is 0 Å². The maximum Gasteiger partial charge on any atom is 0.236 e. The van der Waals surface area contributed by atoms with Gasteiger partial charge in [-0.1, -0.05) is 30.3 Å². The van der Waals surface area contributed by atoms with E-state index in [1.165, 1.54) is 4.90 Å². The van der Waals surface area contributed by atoms with E-state index in [-0.39, 0.29) is 41.9 Å². The molecule has 3 aliphatic rings. The smallest absolute Gasteiger partial charge is 0.236 e. The Bertz CT molecular complexity index is 542. The van der Waals surface area contributed by atoms with Gasteiger partial charge in [0.2, 0.25) is 11.8 Å². The third-order valence-electron chi connectivity index (χ3n) is 4.99. The molecule has 0 saturated carbocycles. The number of imide groups is 1. The lowest BCUT2D eigenvalue weighted by Crippen LogP contribution is -2.36. The van der Waals surface area contributed by atoms with Gasteiger partial charge in [0.05, 0.1) is 30.1 Å². The van der Waals surface area contributed by atoms with Crippen molar-refractivity contribution in [2.24, 2.45) is 11.8 Å². The van der Waals surface area contributed by atoms with Crippen LogP contribution in [0.3, 0.4) is 0 Å². The van der Waals surface area contributed by atoms with E-state index in [0.717, 1.165) is 18.4 Å². The molecule has 0 spiro atoms. The zero-order valence-corrected chi connectivity index (χ0v) is 11.4. The monoisotopic (exact) mass is 271 g/mol. The summed E-state index contributed by atoms with van der Waals surface area (Å²) in [5.41, 5.74) is 1.00. The van der Waals surface area contributed by atoms with Crippen LogP contribution < -0.4 is 0 Å². The van der Waals surface area contributed by atoms with Crippen molar-refractivity contribution in [3.63, 3.8) is 0 Å². The quantitative estimate of drug-likeness (QED) is 0.772. The molecule has 104 valence electrons. The average Bonchev–Trinajstić information content (AvgIpc) is 3.14. The number of amides is 2. The van der Waals surface area contributed by atoms with E-state index in [1.807, 2.05) is 37.3 Å². The van der Waals surface area contributed by atoms with Crippen molar-refractivity contribution in [2.75, 3.05) is 0 Å². The summed E-state index contributed by atoms with van der Waals surface area (Å²) in [6.07, 6.45) is 1.76. The molecular formula is C16H17NO3. The lowest BCUT2D eigenvalue weighted by atomic mass is 9.81. The number of ether oxygens (including phenoxy) is 1. The van der Waals surface area contributed by atoms with E-state index >= 15 is 0 Å². The second-order valence-corrected chi connectivity index (χ2v) is 5.98. The molecule has 3 heterocycles. The number of carbonyl (C=O) groups is 2. The summed E-state index contributed by atoms with van der Waals surface area (Å²) >= 11 is 0. The molecule has 0 aliphatic carbocycles. The third kappa shape index (κ3) is 1.45. The second kappa shape index (κ2) is 4.16. The molecule has 1 aromatic carbocycles. The van der Waals surface area contributed by atoms with Crippen LogP contribution in [0.15, 0.2) is 30.3 Å². The first-order valence-electron chi connectivity index (χ1n) is 7.26. The number of hydrogen-bond acceptors (Lipinski definition) is 3. The average molecular weight is 271 g/mol. The van der Waals surface area contributed by atoms with Crippen LogP contribution in [0.4, 0.5) is 0 Å². The first-order valence-corrected chi connectivity index (χ1v) is 7.26. The van der Waals surface area contributed by atoms with Gasteiger partial charge in [-0.3, -0.25) is 14.5 Å². The minimum Gasteiger partial charge on any atom is -0.373 e. The molecule has 20 heavy (non-hydrogen) atoms. The normalized spacial score (nSPS) is 36.5. The lowest BCUT2D eigenvalue weighted by Gasteiger charge is -2.25. The zero-order chi connectivity index (χ0) is 13.9. The summed E-state index contributed by atoms with van der Waals surface area (Å²) in [6.45, 7) is 1.93. The van der Waals surface area contributed by atoms with Crippen LogP contribution in [-0.2, 0) is 14.3 Å². The lowest BCUT2D eigenvalue weighted by molar-refractivity contribution is -0.145. The minimum absolute atomic E-state index is 0.0329. The summed E-state index contributed by atoms with van der Waals surface area (Å²) in [4.78, 5) is 26.7. The molecule has 3 aliphatic heterocycles. The van der Waals surface area contributed by atoms with Crippen molar-refractivity contribution < 1.29 is 14.3 Å². The van der Waals surface area contributed by atoms with Crippen molar-refractivity contribution in [1.82, 2.24) is 4.90 Å². The van der Waals surface area contributed by atoms with Gasteiger partial charge in [0.1, 0.15) is 0 Å². The van der Waals surface area contributed by atoms with Crippen LogP contribution in [0, 0.1) is 11.8 Å². The van der Waals surface area contributed by atoms with Crippen LogP contribution in [-0.4, -0.2) is 28.9 Å². The van der Waals surface area contributed by atoms with Crippen molar-refractivity contribution in [3.05, 3.63) is 35.9 Å². The molecule has 3 fully saturated rings. The van der Waals surface area contributed by atoms with Gasteiger partial charge in [-0.15, -0.1) is 0 Å². The number of rotatable bonds is 2. The highest BCUT2D eigenvalue weighted by atomic mass is 16.5. The molecular weight excluding hydrogens is 254 g/mol. The van der Waals surface area contributed by atoms with E-state index in [9.17, 15) is 9.59 Å². The van der Waals surface area contributed by atoms with Gasteiger partial charge in [0.25, 0.3) is 0 Å². The number of hydrogen-bond donors (Lipinski definition) is 0. The van der Waals surface area contributed by atoms with E-state index in [2.05, 4.69) is 0 Å². The molecule has 4 heteroatoms. The van der Waals surface area contributed by atoms with Gasteiger partial charge in [0, 0.05) is 0 Å². The third-order valence-corrected chi connectivity index (χ3v) is 4.99. The fourth-order valence-corrected chi connectivity index (χ4v) is 4.00. The van der Waals surface area contributed by atoms with E-state index in [0.29, 0.717) is 0 Å². The highest BCUT2D eigenvalue weighted by Crippen LogP contribution is 2.50. The first-order chi connectivity index (χ1) is 9.68. The molecule has 5 atom stereocenters. The van der Waals surface area contributed by atoms with Crippen molar-refractivity contribution >= 4 is 11.8 Å². The SMILES string of the molecule is C[C@H](c1ccccc1)N1C(=O)C2C3CCC(O3)C2C1=O. The highest BCUT2D eigenvalue weighted by Gasteiger charge is 2.62. The number of benzene rings is 1. The van der Waals surface area contributed by atoms with Gasteiger partial charge in [-0.05, 0) is 25.3 Å². The summed E-state index contributed by atoms with van der Waals surface area (Å²) in [5, 5.41) is 0. The Hall–Kier alpha value is -1.68. The number of nitrogens with zero attached hydrogens (tertiary/aromatic N) is 1. The Kier molecular flexibility index (Phi) is 2.51. The Morgan fingerprint density at radius 2 is 1.60 bits per heavy atom. The molecule has 2 bridgehead atoms. The Balaban J connectivity index is 1.67. The zero-order valence-electron chi connectivity index (χ0n) is 11.4. The number of carbonyl (C=O) groups excluding carboxylic acids is 2. The summed E-state index contributed by atoms with van der Waals surface area (Å²) in [7, 11) is 0. The predicted molar refractivity (Wildman–Crippen MR) is 71.6 cm³/mol. The van der Waals surface area contributed by atoms with Crippen LogP contribution in [0.5, 0.6) is 0 Å². The second-order valence-electron chi connectivity index (χ2n) is 5.98. The molecule has 0 N–H and O–H groups in total. The van der Waals surface area contributed by atoms with E-state index < -0.39 is 0 Å². The van der Waals surface area contributed by atoms with Gasteiger partial charge < -0.3 is 4.74 Å². The molecule has 2 amide bonds. The summed E-state index contributed by atoms with van der Waals surface area (Å²) in [5.74, 6) is -0.535. The fraction of sp³-hybridized carbons (Fsp3) is 0.500. The van der Waals surface area contributed by atoms with Gasteiger partial charge >= 0.3 is 0 Å². The maximum absolute atomic E-state index is 12.6. The standard InChI is InChI=1S/C16H17NO3/c1-9(10-5-3-2-4-6-10)17-15(18)13-11-7-8-12(20-11)14(13)16(17)19/h2-6,9,11-14H,7-8H2,1H3/t9-,11?,12?,13?,14?/m1/s1. The van der Waals surface area contributed by atoms with E-state index in [4.69, 9.17) is 4.74 Å². The summed E-state index contributed by atoms with van der Waals surface area (Å²) < 4.78 is 5.75. The molecule has 3 saturated heterocycles. The maximum atomic E-state index is 12.6. The van der Waals surface area contributed by atoms with Gasteiger partial charge in [-0.2, -0.15) is 0 Å². The number of fused-ring (bicyclic) bond motifs is 5. The van der Waals surface area contributed by atoms with Crippen molar-refractivity contribution in [3.8, 4) is 0 Å². The molecule has 0 aromatic heterocycles. The largest absolute Gasteiger partial charge is 0.373 e. The molecule has 4 nitrogen and oxygen atoms in total. The van der Waals surface area contributed by atoms with Crippen molar-refractivity contribution in [2.45, 2.75) is 38.0 Å². The molecule has 4 rings (SSSR count). The number of likely N-dealkylation sites (tertiary alicyclic amines) is 1. The molecule has 1 aromatic rings. The summed E-state index contributed by atoms with van der Waals surface area (Å²) in [6, 6.07) is 9.54. The Labute approximate surface area is 117 Å². The van der Waals surface area contributed by atoms with Gasteiger partial charge in [0.15, 0.2) is 0 Å². The molecule has 0 radical (unpaired) electrons. The van der Waals surface area contributed by atoms with Crippen LogP contribution >= 0.6 is 0 Å². The van der Waals surface area contributed by atoms with Crippen molar-refractivity contribution in [1.29, 1.82) is 0 Å². The first kappa shape index (κ1) is 12.1. The van der Waals surface area contributed by atoms with Crippen LogP contribution in [0.2, 0.25) is 0 Å². The van der Waals surface area contributed by atoms with Crippen LogP contribution in [0.1, 0.15) is 31.4 Å². The Morgan fingerprint density at radius 3 is 2.15 bits per heavy atom.